The highest BCUT2D eigenvalue weighted by molar-refractivity contribution is 7.11. The molecule has 6 nitrogen and oxygen atoms in total. The molecule has 0 saturated carbocycles. The van der Waals surface area contributed by atoms with E-state index in [0.717, 1.165) is 60.5 Å². The number of amides is 1. The van der Waals surface area contributed by atoms with E-state index in [1.807, 2.05) is 30.0 Å². The zero-order valence-corrected chi connectivity index (χ0v) is 16.0. The van der Waals surface area contributed by atoms with Crippen LogP contribution in [0.3, 0.4) is 0 Å². The van der Waals surface area contributed by atoms with Gasteiger partial charge in [-0.2, -0.15) is 0 Å². The maximum absolute atomic E-state index is 12.5. The number of aromatic nitrogens is 1. The molecule has 7 heteroatoms. The van der Waals surface area contributed by atoms with Gasteiger partial charge in [0.2, 0.25) is 0 Å². The highest BCUT2D eigenvalue weighted by atomic mass is 32.1. The Morgan fingerprint density at radius 1 is 1.19 bits per heavy atom. The minimum Gasteiger partial charge on any atom is -0.482 e. The van der Waals surface area contributed by atoms with Crippen LogP contribution < -0.4 is 9.64 Å². The van der Waals surface area contributed by atoms with E-state index in [9.17, 15) is 4.79 Å². The molecule has 0 bridgehead atoms. The van der Waals surface area contributed by atoms with E-state index in [1.165, 1.54) is 4.88 Å². The van der Waals surface area contributed by atoms with E-state index < -0.39 is 0 Å². The second kappa shape index (κ2) is 7.34. The predicted octanol–water partition coefficient (Wildman–Crippen LogP) is 2.48. The number of anilines is 1. The molecule has 4 rings (SSSR count). The first kappa shape index (κ1) is 17.5. The van der Waals surface area contributed by atoms with Gasteiger partial charge in [-0.1, -0.05) is 0 Å². The molecule has 1 fully saturated rings. The average molecular weight is 373 g/mol. The van der Waals surface area contributed by atoms with Crippen LogP contribution in [0.25, 0.3) is 11.3 Å². The van der Waals surface area contributed by atoms with Crippen LogP contribution in [0.15, 0.2) is 18.2 Å². The summed E-state index contributed by atoms with van der Waals surface area (Å²) in [5.41, 5.74) is 2.86. The second-order valence-electron chi connectivity index (χ2n) is 6.61. The first-order valence-electron chi connectivity index (χ1n) is 8.93. The van der Waals surface area contributed by atoms with Gasteiger partial charge in [-0.25, -0.2) is 4.98 Å². The van der Waals surface area contributed by atoms with Crippen molar-refractivity contribution in [3.8, 4) is 17.0 Å². The number of hydrogen-bond donors (Lipinski definition) is 0. The van der Waals surface area contributed by atoms with Crippen LogP contribution >= 0.6 is 11.3 Å². The van der Waals surface area contributed by atoms with Crippen LogP contribution in [0.2, 0.25) is 0 Å². The number of hydrogen-bond acceptors (Lipinski definition) is 6. The summed E-state index contributed by atoms with van der Waals surface area (Å²) in [6.07, 6.45) is 0. The van der Waals surface area contributed by atoms with Crippen LogP contribution in [0.1, 0.15) is 9.88 Å². The molecule has 0 unspecified atom stereocenters. The SMILES string of the molecule is Cc1nc(-c2ccc3c(c2)N(CCN2CCOCC2)C(=O)CO3)c(C)s1. The average Bonchev–Trinajstić information content (AvgIpc) is 2.99. The number of benzene rings is 1. The fourth-order valence-electron chi connectivity index (χ4n) is 3.46. The van der Waals surface area contributed by atoms with Crippen LogP contribution in [0.5, 0.6) is 5.75 Å². The number of rotatable bonds is 4. The standard InChI is InChI=1S/C19H23N3O3S/c1-13-19(20-14(2)26-13)15-3-4-17-16(11-15)22(18(23)12-25-17)6-5-21-7-9-24-10-8-21/h3-4,11H,5-10,12H2,1-2H3. The van der Waals surface area contributed by atoms with Gasteiger partial charge in [0.15, 0.2) is 6.61 Å². The Hall–Kier alpha value is -1.96. The highest BCUT2D eigenvalue weighted by Gasteiger charge is 2.27. The van der Waals surface area contributed by atoms with E-state index >= 15 is 0 Å². The van der Waals surface area contributed by atoms with Crippen LogP contribution in [0, 0.1) is 13.8 Å². The van der Waals surface area contributed by atoms with Gasteiger partial charge < -0.3 is 14.4 Å². The van der Waals surface area contributed by atoms with Crippen molar-refractivity contribution in [2.45, 2.75) is 13.8 Å². The highest BCUT2D eigenvalue weighted by Crippen LogP contribution is 2.37. The molecule has 0 N–H and O–H groups in total. The van der Waals surface area contributed by atoms with E-state index in [-0.39, 0.29) is 12.5 Å². The molecule has 0 spiro atoms. The largest absolute Gasteiger partial charge is 0.482 e. The van der Waals surface area contributed by atoms with Crippen molar-refractivity contribution < 1.29 is 14.3 Å². The van der Waals surface area contributed by atoms with Gasteiger partial charge in [0.05, 0.1) is 29.6 Å². The molecule has 26 heavy (non-hydrogen) atoms. The summed E-state index contributed by atoms with van der Waals surface area (Å²) in [5, 5.41) is 1.05. The third-order valence-corrected chi connectivity index (χ3v) is 5.71. The molecule has 0 radical (unpaired) electrons. The number of fused-ring (bicyclic) bond motifs is 1. The van der Waals surface area contributed by atoms with Crippen molar-refractivity contribution in [2.24, 2.45) is 0 Å². The van der Waals surface area contributed by atoms with E-state index in [4.69, 9.17) is 9.47 Å². The molecular weight excluding hydrogens is 350 g/mol. The molecule has 138 valence electrons. The zero-order valence-electron chi connectivity index (χ0n) is 15.2. The molecule has 2 aliphatic rings. The van der Waals surface area contributed by atoms with Gasteiger partial charge in [-0.3, -0.25) is 9.69 Å². The number of ether oxygens (including phenoxy) is 2. The van der Waals surface area contributed by atoms with Crippen molar-refractivity contribution in [2.75, 3.05) is 50.9 Å². The molecule has 3 heterocycles. The smallest absolute Gasteiger partial charge is 0.265 e. The number of carbonyl (C=O) groups excluding carboxylic acids is 1. The number of thiazole rings is 1. The van der Waals surface area contributed by atoms with Crippen LogP contribution in [-0.4, -0.2) is 61.8 Å². The van der Waals surface area contributed by atoms with Gasteiger partial charge in [-0.05, 0) is 32.0 Å². The first-order chi connectivity index (χ1) is 12.6. The lowest BCUT2D eigenvalue weighted by atomic mass is 10.1. The van der Waals surface area contributed by atoms with Crippen molar-refractivity contribution >= 4 is 22.9 Å². The number of aryl methyl sites for hydroxylation is 2. The minimum atomic E-state index is 0.00842. The second-order valence-corrected chi connectivity index (χ2v) is 8.02. The van der Waals surface area contributed by atoms with Crippen molar-refractivity contribution in [1.29, 1.82) is 0 Å². The Balaban J connectivity index is 1.59. The van der Waals surface area contributed by atoms with E-state index in [2.05, 4.69) is 16.8 Å². The predicted molar refractivity (Wildman–Crippen MR) is 102 cm³/mol. The summed E-state index contributed by atoms with van der Waals surface area (Å²) in [5.74, 6) is 0.772. The van der Waals surface area contributed by atoms with Crippen molar-refractivity contribution in [3.05, 3.63) is 28.1 Å². The lowest BCUT2D eigenvalue weighted by Crippen LogP contribution is -2.45. The van der Waals surface area contributed by atoms with Crippen molar-refractivity contribution in [3.63, 3.8) is 0 Å². The molecule has 0 atom stereocenters. The van der Waals surface area contributed by atoms with Crippen LogP contribution in [-0.2, 0) is 9.53 Å². The monoisotopic (exact) mass is 373 g/mol. The quantitative estimate of drug-likeness (QED) is 0.824. The number of carbonyl (C=O) groups is 1. The first-order valence-corrected chi connectivity index (χ1v) is 9.75. The zero-order chi connectivity index (χ0) is 18.1. The summed E-state index contributed by atoms with van der Waals surface area (Å²) in [7, 11) is 0. The fourth-order valence-corrected chi connectivity index (χ4v) is 4.30. The summed E-state index contributed by atoms with van der Waals surface area (Å²) >= 11 is 1.69. The molecule has 2 aliphatic heterocycles. The number of morpholine rings is 1. The summed E-state index contributed by atoms with van der Waals surface area (Å²) in [6, 6.07) is 6.01. The van der Waals surface area contributed by atoms with Gasteiger partial charge in [0, 0.05) is 36.6 Å². The van der Waals surface area contributed by atoms with E-state index in [0.29, 0.717) is 6.54 Å². The van der Waals surface area contributed by atoms with Gasteiger partial charge in [-0.15, -0.1) is 11.3 Å². The van der Waals surface area contributed by atoms with Gasteiger partial charge in [0.25, 0.3) is 5.91 Å². The van der Waals surface area contributed by atoms with Gasteiger partial charge >= 0.3 is 0 Å². The third kappa shape index (κ3) is 3.47. The Bertz CT molecular complexity index is 814. The summed E-state index contributed by atoms with van der Waals surface area (Å²) < 4.78 is 11.0. The minimum absolute atomic E-state index is 0.00842. The molecule has 1 aromatic carbocycles. The topological polar surface area (TPSA) is 54.9 Å². The lowest BCUT2D eigenvalue weighted by Gasteiger charge is -2.33. The molecular formula is C19H23N3O3S. The summed E-state index contributed by atoms with van der Waals surface area (Å²) in [4.78, 5) is 22.5. The molecule has 0 aliphatic carbocycles. The molecule has 1 aromatic heterocycles. The maximum atomic E-state index is 12.5. The Morgan fingerprint density at radius 2 is 2.00 bits per heavy atom. The number of nitrogens with zero attached hydrogens (tertiary/aromatic N) is 3. The Kier molecular flexibility index (Phi) is 4.93. The van der Waals surface area contributed by atoms with Crippen LogP contribution in [0.4, 0.5) is 5.69 Å². The normalized spacial score (nSPS) is 17.9. The molecule has 1 amide bonds. The lowest BCUT2D eigenvalue weighted by molar-refractivity contribution is -0.121. The molecule has 2 aromatic rings. The fraction of sp³-hybridized carbons (Fsp3) is 0.474. The molecule has 1 saturated heterocycles. The third-order valence-electron chi connectivity index (χ3n) is 4.82. The Labute approximate surface area is 157 Å². The van der Waals surface area contributed by atoms with Crippen molar-refractivity contribution in [1.82, 2.24) is 9.88 Å². The Morgan fingerprint density at radius 3 is 2.73 bits per heavy atom. The van der Waals surface area contributed by atoms with Gasteiger partial charge in [0.1, 0.15) is 5.75 Å². The van der Waals surface area contributed by atoms with E-state index in [1.54, 1.807) is 11.3 Å². The summed E-state index contributed by atoms with van der Waals surface area (Å²) in [6.45, 7) is 9.07. The maximum Gasteiger partial charge on any atom is 0.265 e.